The molecule has 0 saturated heterocycles. The molecular weight excluding hydrogens is 76.1 g/mol. The second-order valence-corrected chi connectivity index (χ2v) is 1.56. The van der Waals surface area contributed by atoms with Crippen LogP contribution in [0.2, 0.25) is 0 Å². The molecule has 1 aliphatic heterocycles. The molecule has 0 saturated carbocycles. The van der Waals surface area contributed by atoms with Crippen LogP contribution in [0, 0.1) is 0 Å². The maximum atomic E-state index is 5.34. The van der Waals surface area contributed by atoms with Crippen molar-refractivity contribution in [3.05, 3.63) is 0 Å². The summed E-state index contributed by atoms with van der Waals surface area (Å²) in [5.74, 6) is 0.954. The van der Waals surface area contributed by atoms with Gasteiger partial charge in [0.2, 0.25) is 5.84 Å². The van der Waals surface area contributed by atoms with Crippen molar-refractivity contribution in [2.24, 2.45) is 5.73 Å². The maximum Gasteiger partial charge on any atom is 0.240 e. The zero-order valence-electron chi connectivity index (χ0n) is 3.70. The molecule has 3 N–H and O–H groups in total. The van der Waals surface area contributed by atoms with Gasteiger partial charge in [-0.25, -0.2) is 0 Å². The molecule has 34 valence electrons. The van der Waals surface area contributed by atoms with E-state index in [1.54, 1.807) is 0 Å². The van der Waals surface area contributed by atoms with Gasteiger partial charge in [0, 0.05) is 0 Å². The Hall–Kier alpha value is -0.530. The smallest absolute Gasteiger partial charge is 0.240 e. The van der Waals surface area contributed by atoms with E-state index < -0.39 is 0 Å². The molecule has 1 heterocycles. The molecule has 2 heteroatoms. The standard InChI is InChI=1S/C4H8N2/c5-4-2-1-3-6-4/h1-3H2,(H2,5,6)/p+1. The number of amidine groups is 1. The number of nitrogens with two attached hydrogens (primary N) is 1. The Morgan fingerprint density at radius 2 is 2.50 bits per heavy atom. The summed E-state index contributed by atoms with van der Waals surface area (Å²) < 4.78 is 0. The van der Waals surface area contributed by atoms with Gasteiger partial charge < -0.3 is 0 Å². The SMILES string of the molecule is NC1=[NH+]CCC1. The Bertz CT molecular complexity index is 75.6. The summed E-state index contributed by atoms with van der Waals surface area (Å²) in [7, 11) is 0. The van der Waals surface area contributed by atoms with Crippen molar-refractivity contribution in [2.45, 2.75) is 12.8 Å². The van der Waals surface area contributed by atoms with Gasteiger partial charge in [-0.3, -0.25) is 10.7 Å². The second-order valence-electron chi connectivity index (χ2n) is 1.56. The van der Waals surface area contributed by atoms with Crippen LogP contribution in [0.4, 0.5) is 0 Å². The normalized spacial score (nSPS) is 21.0. The third-order valence-corrected chi connectivity index (χ3v) is 0.975. The van der Waals surface area contributed by atoms with Crippen LogP contribution in [0.1, 0.15) is 12.8 Å². The van der Waals surface area contributed by atoms with E-state index in [1.807, 2.05) is 0 Å². The van der Waals surface area contributed by atoms with Gasteiger partial charge in [0.15, 0.2) is 0 Å². The lowest BCUT2D eigenvalue weighted by molar-refractivity contribution is -0.448. The molecule has 0 aromatic rings. The molecule has 0 fully saturated rings. The summed E-state index contributed by atoms with van der Waals surface area (Å²) in [6.45, 7) is 1.08. The summed E-state index contributed by atoms with van der Waals surface area (Å²) in [5, 5.41) is 0. The number of rotatable bonds is 0. The first-order valence-corrected chi connectivity index (χ1v) is 2.25. The first-order chi connectivity index (χ1) is 2.89. The van der Waals surface area contributed by atoms with Crippen LogP contribution in [-0.4, -0.2) is 12.4 Å². The molecule has 0 amide bonds. The highest BCUT2D eigenvalue weighted by Gasteiger charge is 2.03. The molecule has 0 unspecified atom stereocenters. The molecule has 0 bridgehead atoms. The highest BCUT2D eigenvalue weighted by Crippen LogP contribution is 1.82. The lowest BCUT2D eigenvalue weighted by atomic mass is 10.3. The van der Waals surface area contributed by atoms with E-state index in [9.17, 15) is 0 Å². The highest BCUT2D eigenvalue weighted by molar-refractivity contribution is 5.74. The number of hydrogen-bond donors (Lipinski definition) is 2. The van der Waals surface area contributed by atoms with Crippen molar-refractivity contribution in [3.63, 3.8) is 0 Å². The summed E-state index contributed by atoms with van der Waals surface area (Å²) in [6.07, 6.45) is 2.28. The minimum atomic E-state index is 0.954. The average molecular weight is 85.1 g/mol. The van der Waals surface area contributed by atoms with Crippen molar-refractivity contribution in [2.75, 3.05) is 6.54 Å². The Kier molecular flexibility index (Phi) is 0.783. The van der Waals surface area contributed by atoms with Gasteiger partial charge in [0.25, 0.3) is 0 Å². The van der Waals surface area contributed by atoms with E-state index in [1.165, 1.54) is 6.42 Å². The minimum Gasteiger partial charge on any atom is -0.291 e. The maximum absolute atomic E-state index is 5.34. The molecule has 0 aromatic heterocycles. The van der Waals surface area contributed by atoms with Crippen LogP contribution < -0.4 is 10.7 Å². The zero-order chi connectivity index (χ0) is 4.41. The molecule has 6 heavy (non-hydrogen) atoms. The second kappa shape index (κ2) is 1.29. The minimum absolute atomic E-state index is 0.954. The lowest BCUT2D eigenvalue weighted by Gasteiger charge is -1.69. The quantitative estimate of drug-likeness (QED) is 0.358. The van der Waals surface area contributed by atoms with Gasteiger partial charge in [0.05, 0.1) is 13.0 Å². The Balaban J connectivity index is 2.45. The van der Waals surface area contributed by atoms with Crippen molar-refractivity contribution in [3.8, 4) is 0 Å². The molecule has 0 radical (unpaired) electrons. The van der Waals surface area contributed by atoms with Gasteiger partial charge in [-0.15, -0.1) is 0 Å². The third-order valence-electron chi connectivity index (χ3n) is 0.975. The fraction of sp³-hybridized carbons (Fsp3) is 0.750. The van der Waals surface area contributed by atoms with Crippen molar-refractivity contribution in [1.29, 1.82) is 0 Å². The molecule has 2 nitrogen and oxygen atoms in total. The van der Waals surface area contributed by atoms with Crippen LogP contribution in [-0.2, 0) is 0 Å². The van der Waals surface area contributed by atoms with Crippen LogP contribution in [0.5, 0.6) is 0 Å². The van der Waals surface area contributed by atoms with E-state index >= 15 is 0 Å². The van der Waals surface area contributed by atoms with Crippen LogP contribution in [0.3, 0.4) is 0 Å². The van der Waals surface area contributed by atoms with E-state index in [4.69, 9.17) is 5.73 Å². The van der Waals surface area contributed by atoms with Gasteiger partial charge in [-0.1, -0.05) is 0 Å². The molecule has 1 aliphatic rings. The molecule has 0 atom stereocenters. The van der Waals surface area contributed by atoms with E-state index in [-0.39, 0.29) is 0 Å². The summed E-state index contributed by atoms with van der Waals surface area (Å²) in [4.78, 5) is 3.01. The van der Waals surface area contributed by atoms with Crippen molar-refractivity contribution in [1.82, 2.24) is 0 Å². The monoisotopic (exact) mass is 85.1 g/mol. The number of hydrogen-bond acceptors (Lipinski definition) is 1. The zero-order valence-corrected chi connectivity index (χ0v) is 3.70. The predicted molar refractivity (Wildman–Crippen MR) is 24.3 cm³/mol. The molecule has 0 aromatic carbocycles. The van der Waals surface area contributed by atoms with Gasteiger partial charge in [0.1, 0.15) is 0 Å². The first-order valence-electron chi connectivity index (χ1n) is 2.25. The highest BCUT2D eigenvalue weighted by atomic mass is 14.9. The fourth-order valence-corrected chi connectivity index (χ4v) is 0.616. The predicted octanol–water partition coefficient (Wildman–Crippen LogP) is -1.78. The van der Waals surface area contributed by atoms with Crippen LogP contribution in [0.15, 0.2) is 0 Å². The summed E-state index contributed by atoms with van der Waals surface area (Å²) >= 11 is 0. The molecular formula is C4H9N2+. The summed E-state index contributed by atoms with van der Waals surface area (Å²) in [5.41, 5.74) is 5.34. The van der Waals surface area contributed by atoms with E-state index in [0.29, 0.717) is 0 Å². The van der Waals surface area contributed by atoms with E-state index in [2.05, 4.69) is 4.99 Å². The summed E-state index contributed by atoms with van der Waals surface area (Å²) in [6, 6.07) is 0. The van der Waals surface area contributed by atoms with Crippen molar-refractivity contribution < 1.29 is 4.99 Å². The molecule has 0 spiro atoms. The van der Waals surface area contributed by atoms with Gasteiger partial charge in [-0.2, -0.15) is 0 Å². The molecule has 0 aliphatic carbocycles. The van der Waals surface area contributed by atoms with Crippen molar-refractivity contribution >= 4 is 5.84 Å². The average Bonchev–Trinajstić information content (AvgIpc) is 1.86. The molecule has 1 rings (SSSR count). The van der Waals surface area contributed by atoms with Gasteiger partial charge >= 0.3 is 0 Å². The Morgan fingerprint density at radius 3 is 2.67 bits per heavy atom. The van der Waals surface area contributed by atoms with Gasteiger partial charge in [-0.05, 0) is 6.42 Å². The number of nitrogens with one attached hydrogen (secondary N) is 1. The van der Waals surface area contributed by atoms with Crippen LogP contribution in [0.25, 0.3) is 0 Å². The topological polar surface area (TPSA) is 40.0 Å². The largest absolute Gasteiger partial charge is 0.291 e. The third kappa shape index (κ3) is 0.506. The fourth-order valence-electron chi connectivity index (χ4n) is 0.616. The van der Waals surface area contributed by atoms with Crippen LogP contribution >= 0.6 is 0 Å². The van der Waals surface area contributed by atoms with E-state index in [0.717, 1.165) is 18.8 Å². The first kappa shape index (κ1) is 3.65. The Labute approximate surface area is 37.1 Å². The Morgan fingerprint density at radius 1 is 1.67 bits per heavy atom. The lowest BCUT2D eigenvalue weighted by Crippen LogP contribution is -2.71.